The third-order valence-corrected chi connectivity index (χ3v) is 11.0. The number of carbonyl (C=O) groups excluding carboxylic acids is 2. The molecule has 53 heavy (non-hydrogen) atoms. The van der Waals surface area contributed by atoms with Crippen LogP contribution in [-0.2, 0) is 9.59 Å². The van der Waals surface area contributed by atoms with Gasteiger partial charge in [0.15, 0.2) is 0 Å². The number of nitriles is 2. The third kappa shape index (κ3) is 36.7. The Hall–Kier alpha value is -2.08. The molecule has 0 bridgehead atoms. The Balaban J connectivity index is 3.95. The molecule has 0 N–H and O–H groups in total. The van der Waals surface area contributed by atoms with Gasteiger partial charge in [-0.15, -0.1) is 0 Å². The summed E-state index contributed by atoms with van der Waals surface area (Å²) < 4.78 is 0. The molecule has 308 valence electrons. The van der Waals surface area contributed by atoms with Gasteiger partial charge < -0.3 is 9.80 Å². The van der Waals surface area contributed by atoms with Crippen molar-refractivity contribution in [3.8, 4) is 12.1 Å². The predicted octanol–water partition coefficient (Wildman–Crippen LogP) is 14.2. The van der Waals surface area contributed by atoms with E-state index in [4.69, 9.17) is 10.5 Å². The van der Waals surface area contributed by atoms with Crippen molar-refractivity contribution in [3.63, 3.8) is 0 Å². The molecule has 0 fully saturated rings. The van der Waals surface area contributed by atoms with Gasteiger partial charge in [-0.05, 0) is 25.7 Å². The van der Waals surface area contributed by atoms with E-state index >= 15 is 0 Å². The summed E-state index contributed by atoms with van der Waals surface area (Å²) in [6.45, 7) is 7.22. The third-order valence-electron chi connectivity index (χ3n) is 11.0. The first-order valence-electron chi connectivity index (χ1n) is 23.4. The van der Waals surface area contributed by atoms with Crippen LogP contribution in [0.3, 0.4) is 0 Å². The Labute approximate surface area is 330 Å². The molecule has 0 saturated carbocycles. The Bertz CT molecular complexity index is 809. The zero-order valence-corrected chi connectivity index (χ0v) is 35.6. The Morgan fingerprint density at radius 3 is 0.811 bits per heavy atom. The number of carbonyl (C=O) groups is 2. The molecule has 6 heteroatoms. The highest BCUT2D eigenvalue weighted by Crippen LogP contribution is 2.16. The fourth-order valence-electron chi connectivity index (χ4n) is 7.49. The lowest BCUT2D eigenvalue weighted by Crippen LogP contribution is -2.32. The molecule has 0 saturated heterocycles. The summed E-state index contributed by atoms with van der Waals surface area (Å²) in [5, 5.41) is 18.2. The van der Waals surface area contributed by atoms with Gasteiger partial charge >= 0.3 is 0 Å². The fraction of sp³-hybridized carbons (Fsp3) is 0.915. The Kier molecular flexibility index (Phi) is 41.0. The van der Waals surface area contributed by atoms with Crippen molar-refractivity contribution < 1.29 is 9.59 Å². The van der Waals surface area contributed by atoms with E-state index in [1.54, 1.807) is 0 Å². The van der Waals surface area contributed by atoms with Crippen molar-refractivity contribution in [3.05, 3.63) is 0 Å². The molecule has 0 atom stereocenters. The summed E-state index contributed by atoms with van der Waals surface area (Å²) in [5.74, 6) is 0.459. The van der Waals surface area contributed by atoms with Gasteiger partial charge in [0.05, 0.1) is 25.0 Å². The van der Waals surface area contributed by atoms with E-state index in [0.29, 0.717) is 38.8 Å². The van der Waals surface area contributed by atoms with E-state index in [2.05, 4.69) is 26.0 Å². The minimum absolute atomic E-state index is 0.230. The van der Waals surface area contributed by atoms with Crippen LogP contribution in [0.25, 0.3) is 0 Å². The smallest absolute Gasteiger partial charge is 0.222 e. The zero-order chi connectivity index (χ0) is 38.7. The standard InChI is InChI=1S/C47H88N4O2/c1-3-5-7-9-11-13-15-17-19-21-24-28-32-38-46(52)50(44-36-40-48)42-34-30-26-23-27-31-35-43-51(45-37-41-49)47(53)39-33-29-25-22-20-18-16-14-12-10-8-6-4-2/h3-39,42-45H2,1-2H3. The molecule has 0 aliphatic heterocycles. The maximum atomic E-state index is 12.9. The van der Waals surface area contributed by atoms with Gasteiger partial charge in [0, 0.05) is 39.0 Å². The quantitative estimate of drug-likeness (QED) is 0.0583. The molecule has 6 nitrogen and oxygen atoms in total. The van der Waals surface area contributed by atoms with Crippen LogP contribution in [0, 0.1) is 22.7 Å². The summed E-state index contributed by atoms with van der Waals surface area (Å²) in [4.78, 5) is 29.7. The van der Waals surface area contributed by atoms with Gasteiger partial charge in [-0.3, -0.25) is 9.59 Å². The Morgan fingerprint density at radius 1 is 0.340 bits per heavy atom. The SMILES string of the molecule is CCCCCCCCCCCCCCCC(=O)N(CCC#N)CCCCCCCCCN(CCC#N)C(=O)CCCCCCCCCCCCCCC. The summed E-state index contributed by atoms with van der Waals surface area (Å²) in [6.07, 6.45) is 43.8. The Morgan fingerprint density at radius 2 is 0.566 bits per heavy atom. The lowest BCUT2D eigenvalue weighted by atomic mass is 10.0. The maximum Gasteiger partial charge on any atom is 0.222 e. The molecule has 0 heterocycles. The summed E-state index contributed by atoms with van der Waals surface area (Å²) in [5.41, 5.74) is 0. The van der Waals surface area contributed by atoms with Crippen molar-refractivity contribution in [2.24, 2.45) is 0 Å². The van der Waals surface area contributed by atoms with Gasteiger partial charge in [0.25, 0.3) is 0 Å². The monoisotopic (exact) mass is 741 g/mol. The molecule has 0 radical (unpaired) electrons. The molecule has 2 amide bonds. The molecular formula is C47H88N4O2. The second-order valence-corrected chi connectivity index (χ2v) is 16.0. The first-order chi connectivity index (χ1) is 26.1. The summed E-state index contributed by atoms with van der Waals surface area (Å²) in [7, 11) is 0. The predicted molar refractivity (Wildman–Crippen MR) is 227 cm³/mol. The number of rotatable bonds is 42. The highest BCUT2D eigenvalue weighted by Gasteiger charge is 2.14. The van der Waals surface area contributed by atoms with Crippen molar-refractivity contribution in [1.82, 2.24) is 9.80 Å². The molecule has 0 aliphatic carbocycles. The average molecular weight is 741 g/mol. The zero-order valence-electron chi connectivity index (χ0n) is 35.6. The molecule has 0 aromatic carbocycles. The largest absolute Gasteiger partial charge is 0.342 e. The number of amides is 2. The van der Waals surface area contributed by atoms with Crippen LogP contribution >= 0.6 is 0 Å². The summed E-state index contributed by atoms with van der Waals surface area (Å²) in [6, 6.07) is 4.44. The second kappa shape index (κ2) is 42.7. The lowest BCUT2D eigenvalue weighted by Gasteiger charge is -2.22. The van der Waals surface area contributed by atoms with Crippen LogP contribution in [0.5, 0.6) is 0 Å². The van der Waals surface area contributed by atoms with E-state index in [1.807, 2.05) is 9.80 Å². The number of hydrogen-bond donors (Lipinski definition) is 0. The minimum Gasteiger partial charge on any atom is -0.342 e. The molecule has 0 aliphatic rings. The van der Waals surface area contributed by atoms with E-state index in [1.165, 1.54) is 148 Å². The van der Waals surface area contributed by atoms with Crippen LogP contribution in [0.4, 0.5) is 0 Å². The van der Waals surface area contributed by atoms with Crippen molar-refractivity contribution >= 4 is 11.8 Å². The normalized spacial score (nSPS) is 11.0. The minimum atomic E-state index is 0.230. The number of nitrogens with zero attached hydrogens (tertiary/aromatic N) is 4. The van der Waals surface area contributed by atoms with Gasteiger partial charge in [-0.1, -0.05) is 200 Å². The van der Waals surface area contributed by atoms with E-state index in [9.17, 15) is 9.59 Å². The molecule has 0 aromatic rings. The number of hydrogen-bond acceptors (Lipinski definition) is 4. The van der Waals surface area contributed by atoms with E-state index < -0.39 is 0 Å². The van der Waals surface area contributed by atoms with Crippen LogP contribution in [-0.4, -0.2) is 47.8 Å². The van der Waals surface area contributed by atoms with Crippen molar-refractivity contribution in [2.75, 3.05) is 26.2 Å². The topological polar surface area (TPSA) is 88.2 Å². The van der Waals surface area contributed by atoms with E-state index in [0.717, 1.165) is 77.3 Å². The second-order valence-electron chi connectivity index (χ2n) is 16.0. The van der Waals surface area contributed by atoms with E-state index in [-0.39, 0.29) is 11.8 Å². The lowest BCUT2D eigenvalue weighted by molar-refractivity contribution is -0.132. The van der Waals surface area contributed by atoms with Crippen LogP contribution in [0.15, 0.2) is 0 Å². The van der Waals surface area contributed by atoms with Gasteiger partial charge in [0.1, 0.15) is 0 Å². The molecule has 0 spiro atoms. The highest BCUT2D eigenvalue weighted by atomic mass is 16.2. The van der Waals surface area contributed by atoms with Crippen molar-refractivity contribution in [1.29, 1.82) is 10.5 Å². The molecule has 0 unspecified atom stereocenters. The first kappa shape index (κ1) is 50.9. The van der Waals surface area contributed by atoms with Crippen LogP contribution in [0.2, 0.25) is 0 Å². The van der Waals surface area contributed by atoms with Crippen LogP contribution < -0.4 is 0 Å². The van der Waals surface area contributed by atoms with Gasteiger partial charge in [0.2, 0.25) is 11.8 Å². The number of unbranched alkanes of at least 4 members (excludes halogenated alkanes) is 30. The first-order valence-corrected chi connectivity index (χ1v) is 23.4. The molecule has 0 aromatic heterocycles. The van der Waals surface area contributed by atoms with Crippen LogP contribution in [0.1, 0.15) is 251 Å². The molecular weight excluding hydrogens is 653 g/mol. The highest BCUT2D eigenvalue weighted by molar-refractivity contribution is 5.76. The van der Waals surface area contributed by atoms with Crippen molar-refractivity contribution in [2.45, 2.75) is 251 Å². The average Bonchev–Trinajstić information content (AvgIpc) is 3.16. The maximum absolute atomic E-state index is 12.9. The fourth-order valence-corrected chi connectivity index (χ4v) is 7.49. The molecule has 0 rings (SSSR count). The van der Waals surface area contributed by atoms with Gasteiger partial charge in [-0.25, -0.2) is 0 Å². The van der Waals surface area contributed by atoms with Gasteiger partial charge in [-0.2, -0.15) is 10.5 Å². The summed E-state index contributed by atoms with van der Waals surface area (Å²) >= 11 is 0.